The number of hydrogen-bond acceptors (Lipinski definition) is 3. The Bertz CT molecular complexity index is 428. The third-order valence-electron chi connectivity index (χ3n) is 3.68. The van der Waals surface area contributed by atoms with Gasteiger partial charge in [0.15, 0.2) is 0 Å². The summed E-state index contributed by atoms with van der Waals surface area (Å²) < 4.78 is 0. The van der Waals surface area contributed by atoms with E-state index >= 15 is 0 Å². The average Bonchev–Trinajstić information content (AvgIpc) is 2.39. The second kappa shape index (κ2) is 6.57. The lowest BCUT2D eigenvalue weighted by Gasteiger charge is -2.23. The largest absolute Gasteiger partial charge is 0.508 e. The molecule has 1 unspecified atom stereocenters. The van der Waals surface area contributed by atoms with Gasteiger partial charge in [-0.3, -0.25) is 4.79 Å². The van der Waals surface area contributed by atoms with E-state index in [9.17, 15) is 9.90 Å². The van der Waals surface area contributed by atoms with Gasteiger partial charge in [-0.2, -0.15) is 0 Å². The number of rotatable bonds is 4. The summed E-state index contributed by atoms with van der Waals surface area (Å²) in [4.78, 5) is 12.0. The van der Waals surface area contributed by atoms with Crippen LogP contribution >= 0.6 is 0 Å². The molecule has 0 aromatic heterocycles. The number of piperidine rings is 1. The van der Waals surface area contributed by atoms with Crippen LogP contribution in [0.2, 0.25) is 0 Å². The minimum absolute atomic E-state index is 0.0682. The van der Waals surface area contributed by atoms with Gasteiger partial charge in [-0.15, -0.1) is 0 Å². The van der Waals surface area contributed by atoms with Gasteiger partial charge in [0.05, 0.1) is 6.04 Å². The van der Waals surface area contributed by atoms with Gasteiger partial charge < -0.3 is 15.7 Å². The van der Waals surface area contributed by atoms with E-state index in [1.165, 1.54) is 0 Å². The van der Waals surface area contributed by atoms with Crippen LogP contribution in [0.25, 0.3) is 0 Å². The molecule has 0 radical (unpaired) electrons. The molecule has 0 spiro atoms. The van der Waals surface area contributed by atoms with Crippen molar-refractivity contribution < 1.29 is 9.90 Å². The Morgan fingerprint density at radius 1 is 1.47 bits per heavy atom. The standard InChI is InChI=1S/C15H22N2O2/c1-11(13-3-2-4-14(18)10-13)17-15(19)9-12-5-7-16-8-6-12/h2-4,10-12,16,18H,5-9H2,1H3,(H,17,19). The van der Waals surface area contributed by atoms with E-state index in [-0.39, 0.29) is 17.7 Å². The van der Waals surface area contributed by atoms with Crippen molar-refractivity contribution in [2.24, 2.45) is 5.92 Å². The molecular weight excluding hydrogens is 240 g/mol. The van der Waals surface area contributed by atoms with E-state index in [1.54, 1.807) is 18.2 Å². The van der Waals surface area contributed by atoms with Crippen molar-refractivity contribution in [2.45, 2.75) is 32.2 Å². The lowest BCUT2D eigenvalue weighted by atomic mass is 9.94. The molecule has 0 saturated carbocycles. The molecule has 19 heavy (non-hydrogen) atoms. The third-order valence-corrected chi connectivity index (χ3v) is 3.68. The van der Waals surface area contributed by atoms with E-state index in [0.29, 0.717) is 12.3 Å². The Labute approximate surface area is 114 Å². The van der Waals surface area contributed by atoms with Gasteiger partial charge in [0.2, 0.25) is 5.91 Å². The lowest BCUT2D eigenvalue weighted by molar-refractivity contribution is -0.122. The minimum Gasteiger partial charge on any atom is -0.508 e. The Morgan fingerprint density at radius 3 is 2.89 bits per heavy atom. The highest BCUT2D eigenvalue weighted by molar-refractivity contribution is 5.76. The molecule has 0 aliphatic carbocycles. The molecule has 1 amide bonds. The molecule has 1 aromatic rings. The van der Waals surface area contributed by atoms with Crippen LogP contribution in [0.5, 0.6) is 5.75 Å². The van der Waals surface area contributed by atoms with E-state index in [1.807, 2.05) is 13.0 Å². The smallest absolute Gasteiger partial charge is 0.220 e. The topological polar surface area (TPSA) is 61.4 Å². The normalized spacial score (nSPS) is 17.9. The van der Waals surface area contributed by atoms with Gasteiger partial charge in [0, 0.05) is 6.42 Å². The van der Waals surface area contributed by atoms with Crippen molar-refractivity contribution in [1.29, 1.82) is 0 Å². The Morgan fingerprint density at radius 2 is 2.21 bits per heavy atom. The van der Waals surface area contributed by atoms with Crippen LogP contribution in [0.3, 0.4) is 0 Å². The van der Waals surface area contributed by atoms with Gasteiger partial charge in [-0.25, -0.2) is 0 Å². The van der Waals surface area contributed by atoms with E-state index in [2.05, 4.69) is 10.6 Å². The number of hydrogen-bond donors (Lipinski definition) is 3. The molecule has 4 heteroatoms. The molecule has 4 nitrogen and oxygen atoms in total. The maximum absolute atomic E-state index is 12.0. The van der Waals surface area contributed by atoms with Crippen LogP contribution in [0, 0.1) is 5.92 Å². The van der Waals surface area contributed by atoms with Crippen molar-refractivity contribution in [2.75, 3.05) is 13.1 Å². The first kappa shape index (κ1) is 13.9. The molecule has 0 bridgehead atoms. The fourth-order valence-corrected chi connectivity index (χ4v) is 2.53. The molecule has 3 N–H and O–H groups in total. The summed E-state index contributed by atoms with van der Waals surface area (Å²) in [5.74, 6) is 0.831. The van der Waals surface area contributed by atoms with Crippen LogP contribution < -0.4 is 10.6 Å². The van der Waals surface area contributed by atoms with Gasteiger partial charge in [-0.1, -0.05) is 12.1 Å². The number of phenolic OH excluding ortho intramolecular Hbond substituents is 1. The second-order valence-corrected chi connectivity index (χ2v) is 5.28. The fourth-order valence-electron chi connectivity index (χ4n) is 2.53. The number of carbonyl (C=O) groups excluding carboxylic acids is 1. The number of phenols is 1. The van der Waals surface area contributed by atoms with Crippen molar-refractivity contribution in [3.05, 3.63) is 29.8 Å². The SMILES string of the molecule is CC(NC(=O)CC1CCNCC1)c1cccc(O)c1. The number of nitrogens with one attached hydrogen (secondary N) is 2. The van der Waals surface area contributed by atoms with Gasteiger partial charge >= 0.3 is 0 Å². The highest BCUT2D eigenvalue weighted by atomic mass is 16.3. The molecule has 2 rings (SSSR count). The van der Waals surface area contributed by atoms with E-state index in [0.717, 1.165) is 31.5 Å². The quantitative estimate of drug-likeness (QED) is 0.777. The first-order valence-electron chi connectivity index (χ1n) is 6.94. The third kappa shape index (κ3) is 4.24. The summed E-state index contributed by atoms with van der Waals surface area (Å²) in [5.41, 5.74) is 0.929. The predicted octanol–water partition coefficient (Wildman–Crippen LogP) is 1.96. The average molecular weight is 262 g/mol. The lowest BCUT2D eigenvalue weighted by Crippen LogP contribution is -2.33. The summed E-state index contributed by atoms with van der Waals surface area (Å²) in [5, 5.41) is 15.7. The molecular formula is C15H22N2O2. The fraction of sp³-hybridized carbons (Fsp3) is 0.533. The summed E-state index contributed by atoms with van der Waals surface area (Å²) >= 11 is 0. The van der Waals surface area contributed by atoms with Crippen LogP contribution in [0.4, 0.5) is 0 Å². The summed E-state index contributed by atoms with van der Waals surface area (Å²) in [6.07, 6.45) is 2.76. The second-order valence-electron chi connectivity index (χ2n) is 5.28. The molecule has 104 valence electrons. The van der Waals surface area contributed by atoms with Crippen LogP contribution in [0.1, 0.15) is 37.8 Å². The molecule has 1 heterocycles. The number of benzene rings is 1. The maximum Gasteiger partial charge on any atom is 0.220 e. The number of carbonyl (C=O) groups is 1. The van der Waals surface area contributed by atoms with Crippen molar-refractivity contribution in [3.63, 3.8) is 0 Å². The predicted molar refractivity (Wildman–Crippen MR) is 74.9 cm³/mol. The zero-order valence-corrected chi connectivity index (χ0v) is 11.4. The van der Waals surface area contributed by atoms with Crippen LogP contribution in [0.15, 0.2) is 24.3 Å². The van der Waals surface area contributed by atoms with Crippen molar-refractivity contribution in [3.8, 4) is 5.75 Å². The van der Waals surface area contributed by atoms with Crippen molar-refractivity contribution >= 4 is 5.91 Å². The van der Waals surface area contributed by atoms with Crippen LogP contribution in [-0.2, 0) is 4.79 Å². The molecule has 1 fully saturated rings. The van der Waals surface area contributed by atoms with Gasteiger partial charge in [-0.05, 0) is 56.5 Å². The van der Waals surface area contributed by atoms with E-state index in [4.69, 9.17) is 0 Å². The molecule has 1 aromatic carbocycles. The van der Waals surface area contributed by atoms with E-state index < -0.39 is 0 Å². The molecule has 1 atom stereocenters. The monoisotopic (exact) mass is 262 g/mol. The summed E-state index contributed by atoms with van der Waals surface area (Å²) in [6, 6.07) is 6.96. The zero-order valence-electron chi connectivity index (χ0n) is 11.4. The molecule has 1 saturated heterocycles. The maximum atomic E-state index is 12.0. The summed E-state index contributed by atoms with van der Waals surface area (Å²) in [7, 11) is 0. The number of amides is 1. The zero-order chi connectivity index (χ0) is 13.7. The minimum atomic E-state index is -0.0682. The van der Waals surface area contributed by atoms with Crippen LogP contribution in [-0.4, -0.2) is 24.1 Å². The Balaban J connectivity index is 1.84. The first-order chi connectivity index (χ1) is 9.15. The number of aromatic hydroxyl groups is 1. The highest BCUT2D eigenvalue weighted by Crippen LogP contribution is 2.19. The Kier molecular flexibility index (Phi) is 4.80. The highest BCUT2D eigenvalue weighted by Gasteiger charge is 2.18. The van der Waals surface area contributed by atoms with Gasteiger partial charge in [0.25, 0.3) is 0 Å². The summed E-state index contributed by atoms with van der Waals surface area (Å²) in [6.45, 7) is 3.97. The van der Waals surface area contributed by atoms with Gasteiger partial charge in [0.1, 0.15) is 5.75 Å². The Hall–Kier alpha value is -1.55. The van der Waals surface area contributed by atoms with Crippen molar-refractivity contribution in [1.82, 2.24) is 10.6 Å². The molecule has 1 aliphatic rings. The first-order valence-corrected chi connectivity index (χ1v) is 6.94. The molecule has 1 aliphatic heterocycles.